The van der Waals surface area contributed by atoms with Crippen LogP contribution in [0.15, 0.2) is 12.1 Å². The first kappa shape index (κ1) is 17.0. The lowest BCUT2D eigenvalue weighted by molar-refractivity contribution is 0.422. The molecule has 0 saturated carbocycles. The lowest BCUT2D eigenvalue weighted by Crippen LogP contribution is -2.32. The van der Waals surface area contributed by atoms with Gasteiger partial charge in [0.25, 0.3) is 0 Å². The van der Waals surface area contributed by atoms with Crippen LogP contribution in [-0.2, 0) is 17.3 Å². The Labute approximate surface area is 123 Å². The van der Waals surface area contributed by atoms with Gasteiger partial charge >= 0.3 is 0 Å². The van der Waals surface area contributed by atoms with Crippen LogP contribution in [0.2, 0.25) is 0 Å². The van der Waals surface area contributed by atoms with Crippen LogP contribution in [-0.4, -0.2) is 17.7 Å². The average molecular weight is 278 g/mol. The van der Waals surface area contributed by atoms with Crippen molar-refractivity contribution in [3.8, 4) is 5.75 Å². The number of nitrogens with two attached hydrogens (primary N) is 2. The number of hydrogen-bond donors (Lipinski definition) is 3. The first-order chi connectivity index (χ1) is 8.96. The third-order valence-corrected chi connectivity index (χ3v) is 3.59. The monoisotopic (exact) mass is 278 g/mol. The highest BCUT2D eigenvalue weighted by atomic mass is 16.3. The second-order valence-corrected chi connectivity index (χ2v) is 7.74. The predicted octanol–water partition coefficient (Wildman–Crippen LogP) is 2.82. The molecule has 3 heteroatoms. The topological polar surface area (TPSA) is 72.3 Å². The van der Waals surface area contributed by atoms with Crippen LogP contribution in [0.25, 0.3) is 0 Å². The van der Waals surface area contributed by atoms with E-state index in [2.05, 4.69) is 53.7 Å². The lowest BCUT2D eigenvalue weighted by atomic mass is 9.78. The van der Waals surface area contributed by atoms with Gasteiger partial charge in [-0.1, -0.05) is 53.7 Å². The van der Waals surface area contributed by atoms with Gasteiger partial charge in [-0.05, 0) is 33.9 Å². The number of benzene rings is 1. The van der Waals surface area contributed by atoms with E-state index in [0.29, 0.717) is 12.3 Å². The second-order valence-electron chi connectivity index (χ2n) is 7.74. The number of rotatable bonds is 3. The summed E-state index contributed by atoms with van der Waals surface area (Å²) < 4.78 is 0. The Morgan fingerprint density at radius 1 is 1.00 bits per heavy atom. The minimum atomic E-state index is -0.104. The molecule has 0 aliphatic carbocycles. The van der Waals surface area contributed by atoms with Gasteiger partial charge in [-0.2, -0.15) is 0 Å². The van der Waals surface area contributed by atoms with Gasteiger partial charge in [0.2, 0.25) is 0 Å². The molecular weight excluding hydrogens is 248 g/mol. The van der Waals surface area contributed by atoms with Crippen molar-refractivity contribution in [2.45, 2.75) is 64.8 Å². The van der Waals surface area contributed by atoms with Crippen molar-refractivity contribution in [2.75, 3.05) is 6.54 Å². The van der Waals surface area contributed by atoms with E-state index in [-0.39, 0.29) is 16.9 Å². The van der Waals surface area contributed by atoms with Gasteiger partial charge in [-0.15, -0.1) is 0 Å². The number of hydrogen-bond acceptors (Lipinski definition) is 3. The van der Waals surface area contributed by atoms with Gasteiger partial charge in [0.05, 0.1) is 0 Å². The van der Waals surface area contributed by atoms with Crippen LogP contribution in [0.1, 0.15) is 58.2 Å². The summed E-state index contributed by atoms with van der Waals surface area (Å²) in [6, 6.07) is 4.10. The Bertz CT molecular complexity index is 432. The van der Waals surface area contributed by atoms with E-state index in [0.717, 1.165) is 23.1 Å². The molecule has 0 radical (unpaired) electrons. The van der Waals surface area contributed by atoms with E-state index < -0.39 is 0 Å². The Kier molecular flexibility index (Phi) is 4.88. The molecule has 1 aromatic rings. The van der Waals surface area contributed by atoms with Crippen molar-refractivity contribution in [3.05, 3.63) is 28.8 Å². The van der Waals surface area contributed by atoms with Gasteiger partial charge in [0.1, 0.15) is 5.75 Å². The summed E-state index contributed by atoms with van der Waals surface area (Å²) in [6.07, 6.45) is 0.739. The van der Waals surface area contributed by atoms with Crippen LogP contribution in [0.4, 0.5) is 0 Å². The third kappa shape index (κ3) is 3.97. The molecule has 0 bridgehead atoms. The van der Waals surface area contributed by atoms with Gasteiger partial charge < -0.3 is 16.6 Å². The van der Waals surface area contributed by atoms with Gasteiger partial charge in [0, 0.05) is 12.6 Å². The number of phenolic OH excluding ortho intramolecular Hbond substituents is 1. The maximum Gasteiger partial charge on any atom is 0.123 e. The van der Waals surface area contributed by atoms with Crippen molar-refractivity contribution >= 4 is 0 Å². The van der Waals surface area contributed by atoms with Gasteiger partial charge in [0.15, 0.2) is 0 Å². The largest absolute Gasteiger partial charge is 0.507 e. The third-order valence-electron chi connectivity index (χ3n) is 3.59. The predicted molar refractivity (Wildman–Crippen MR) is 86.2 cm³/mol. The summed E-state index contributed by atoms with van der Waals surface area (Å²) in [5.41, 5.74) is 14.5. The van der Waals surface area contributed by atoms with E-state index >= 15 is 0 Å². The molecule has 5 N–H and O–H groups in total. The van der Waals surface area contributed by atoms with E-state index in [1.807, 2.05) is 0 Å². The summed E-state index contributed by atoms with van der Waals surface area (Å²) in [4.78, 5) is 0. The molecule has 0 heterocycles. The quantitative estimate of drug-likeness (QED) is 0.796. The molecule has 3 nitrogen and oxygen atoms in total. The van der Waals surface area contributed by atoms with Crippen molar-refractivity contribution in [2.24, 2.45) is 11.5 Å². The fraction of sp³-hybridized carbons (Fsp3) is 0.647. The Hall–Kier alpha value is -1.06. The Morgan fingerprint density at radius 2 is 1.40 bits per heavy atom. The molecule has 1 atom stereocenters. The standard InChI is InChI=1S/C17H30N2O/c1-16(2,3)13-8-11(7-12(19)10-18)9-14(15(13)20)17(4,5)6/h8-9,12,20H,7,10,18-19H2,1-6H3. The van der Waals surface area contributed by atoms with Gasteiger partial charge in [-0.25, -0.2) is 0 Å². The minimum absolute atomic E-state index is 0.0415. The first-order valence-electron chi connectivity index (χ1n) is 7.29. The maximum absolute atomic E-state index is 10.6. The average Bonchev–Trinajstić information content (AvgIpc) is 2.28. The fourth-order valence-electron chi connectivity index (χ4n) is 2.34. The maximum atomic E-state index is 10.6. The summed E-state index contributed by atoms with van der Waals surface area (Å²) in [5.74, 6) is 0.412. The Morgan fingerprint density at radius 3 is 1.70 bits per heavy atom. The first-order valence-corrected chi connectivity index (χ1v) is 7.29. The molecule has 0 fully saturated rings. The zero-order chi connectivity index (χ0) is 15.7. The molecule has 0 aliphatic rings. The van der Waals surface area contributed by atoms with E-state index in [1.54, 1.807) is 0 Å². The molecule has 0 saturated heterocycles. The molecule has 0 spiro atoms. The fourth-order valence-corrected chi connectivity index (χ4v) is 2.34. The van der Waals surface area contributed by atoms with Crippen LogP contribution >= 0.6 is 0 Å². The van der Waals surface area contributed by atoms with Crippen LogP contribution < -0.4 is 11.5 Å². The highest BCUT2D eigenvalue weighted by molar-refractivity contribution is 5.50. The molecule has 0 aromatic heterocycles. The van der Waals surface area contributed by atoms with E-state index in [4.69, 9.17) is 11.5 Å². The molecule has 1 aromatic carbocycles. The molecule has 0 amide bonds. The summed E-state index contributed by atoms with van der Waals surface area (Å²) in [5, 5.41) is 10.6. The molecule has 0 aliphatic heterocycles. The molecule has 1 rings (SSSR count). The lowest BCUT2D eigenvalue weighted by Gasteiger charge is -2.28. The number of phenols is 1. The van der Waals surface area contributed by atoms with Crippen LogP contribution in [0.3, 0.4) is 0 Å². The summed E-state index contributed by atoms with van der Waals surface area (Å²) >= 11 is 0. The smallest absolute Gasteiger partial charge is 0.123 e. The van der Waals surface area contributed by atoms with E-state index in [9.17, 15) is 5.11 Å². The molecule has 20 heavy (non-hydrogen) atoms. The number of aromatic hydroxyl groups is 1. The zero-order valence-electron chi connectivity index (χ0n) is 13.7. The van der Waals surface area contributed by atoms with E-state index in [1.165, 1.54) is 0 Å². The van der Waals surface area contributed by atoms with Crippen molar-refractivity contribution < 1.29 is 5.11 Å². The zero-order valence-corrected chi connectivity index (χ0v) is 13.7. The van der Waals surface area contributed by atoms with Crippen LogP contribution in [0, 0.1) is 0 Å². The highest BCUT2D eigenvalue weighted by Gasteiger charge is 2.26. The SMILES string of the molecule is CC(C)(C)c1cc(CC(N)CN)cc(C(C)(C)C)c1O. The van der Waals surface area contributed by atoms with Crippen LogP contribution in [0.5, 0.6) is 5.75 Å². The second kappa shape index (κ2) is 5.74. The Balaban J connectivity index is 3.42. The minimum Gasteiger partial charge on any atom is -0.507 e. The summed E-state index contributed by atoms with van der Waals surface area (Å²) in [7, 11) is 0. The molecule has 1 unspecified atom stereocenters. The van der Waals surface area contributed by atoms with Crippen molar-refractivity contribution in [3.63, 3.8) is 0 Å². The highest BCUT2D eigenvalue weighted by Crippen LogP contribution is 2.39. The molecular formula is C17H30N2O. The normalized spacial score (nSPS) is 14.4. The summed E-state index contributed by atoms with van der Waals surface area (Å²) in [6.45, 7) is 13.1. The van der Waals surface area contributed by atoms with Crippen molar-refractivity contribution in [1.29, 1.82) is 0 Å². The van der Waals surface area contributed by atoms with Gasteiger partial charge in [-0.3, -0.25) is 0 Å². The van der Waals surface area contributed by atoms with Crippen molar-refractivity contribution in [1.82, 2.24) is 0 Å². The molecule has 114 valence electrons.